The van der Waals surface area contributed by atoms with Crippen molar-refractivity contribution >= 4 is 17.4 Å². The number of benzene rings is 1. The van der Waals surface area contributed by atoms with E-state index in [-0.39, 0.29) is 17.7 Å². The highest BCUT2D eigenvalue weighted by Gasteiger charge is 2.43. The predicted octanol–water partition coefficient (Wildman–Crippen LogP) is 1.54. The van der Waals surface area contributed by atoms with Crippen molar-refractivity contribution < 1.29 is 14.7 Å². The lowest BCUT2D eigenvalue weighted by atomic mass is 9.72. The zero-order chi connectivity index (χ0) is 13.9. The van der Waals surface area contributed by atoms with E-state index in [9.17, 15) is 14.7 Å². The molecule has 1 heterocycles. The zero-order valence-electron chi connectivity index (χ0n) is 11.1. The SMILES string of the molecule is CC1C=C2C(=O)N(C)C(=O)c3cccc(c32)C1(C)O. The highest BCUT2D eigenvalue weighted by atomic mass is 16.3. The summed E-state index contributed by atoms with van der Waals surface area (Å²) in [6, 6.07) is 5.23. The van der Waals surface area contributed by atoms with Gasteiger partial charge in [-0.3, -0.25) is 14.5 Å². The van der Waals surface area contributed by atoms with Gasteiger partial charge in [-0.1, -0.05) is 25.1 Å². The lowest BCUT2D eigenvalue weighted by Crippen LogP contribution is -2.43. The Hall–Kier alpha value is -1.94. The Balaban J connectivity index is 2.40. The Labute approximate surface area is 111 Å². The molecule has 1 aromatic carbocycles. The number of nitrogens with zero attached hydrogens (tertiary/aromatic N) is 1. The molecule has 0 saturated carbocycles. The molecule has 1 aliphatic heterocycles. The fourth-order valence-corrected chi connectivity index (χ4v) is 2.82. The van der Waals surface area contributed by atoms with Crippen LogP contribution in [0.1, 0.15) is 35.3 Å². The molecular weight excluding hydrogens is 242 g/mol. The van der Waals surface area contributed by atoms with E-state index in [1.807, 2.05) is 6.92 Å². The van der Waals surface area contributed by atoms with Crippen molar-refractivity contribution in [1.29, 1.82) is 0 Å². The smallest absolute Gasteiger partial charge is 0.261 e. The molecule has 1 N–H and O–H groups in total. The number of carbonyl (C=O) groups excluding carboxylic acids is 2. The Morgan fingerprint density at radius 3 is 2.63 bits per heavy atom. The summed E-state index contributed by atoms with van der Waals surface area (Å²) in [4.78, 5) is 25.5. The summed E-state index contributed by atoms with van der Waals surface area (Å²) < 4.78 is 0. The number of rotatable bonds is 0. The van der Waals surface area contributed by atoms with E-state index in [1.54, 1.807) is 31.2 Å². The van der Waals surface area contributed by atoms with Crippen molar-refractivity contribution in [1.82, 2.24) is 4.90 Å². The third-order valence-corrected chi connectivity index (χ3v) is 4.25. The van der Waals surface area contributed by atoms with Gasteiger partial charge in [0.05, 0.1) is 5.60 Å². The lowest BCUT2D eigenvalue weighted by molar-refractivity contribution is -0.122. The highest BCUT2D eigenvalue weighted by molar-refractivity contribution is 6.31. The third-order valence-electron chi connectivity index (χ3n) is 4.25. The molecule has 1 aromatic rings. The van der Waals surface area contributed by atoms with E-state index in [2.05, 4.69) is 0 Å². The van der Waals surface area contributed by atoms with Crippen molar-refractivity contribution in [2.75, 3.05) is 7.05 Å². The zero-order valence-corrected chi connectivity index (χ0v) is 11.1. The molecule has 2 atom stereocenters. The number of amides is 2. The molecule has 2 amide bonds. The van der Waals surface area contributed by atoms with Crippen molar-refractivity contribution in [3.8, 4) is 0 Å². The van der Waals surface area contributed by atoms with Gasteiger partial charge in [-0.15, -0.1) is 0 Å². The molecule has 0 bridgehead atoms. The van der Waals surface area contributed by atoms with Gasteiger partial charge >= 0.3 is 0 Å². The summed E-state index contributed by atoms with van der Waals surface area (Å²) in [6.07, 6.45) is 1.76. The Morgan fingerprint density at radius 1 is 1.26 bits per heavy atom. The van der Waals surface area contributed by atoms with E-state index in [0.29, 0.717) is 22.3 Å². The Bertz CT molecular complexity index is 643. The molecule has 3 rings (SSSR count). The summed E-state index contributed by atoms with van der Waals surface area (Å²) in [5.74, 6) is -0.799. The lowest BCUT2D eigenvalue weighted by Gasteiger charge is -2.39. The molecule has 0 saturated heterocycles. The second-order valence-corrected chi connectivity index (χ2v) is 5.41. The second-order valence-electron chi connectivity index (χ2n) is 5.41. The van der Waals surface area contributed by atoms with Gasteiger partial charge in [0.2, 0.25) is 0 Å². The molecule has 4 nitrogen and oxygen atoms in total. The molecule has 0 aromatic heterocycles. The predicted molar refractivity (Wildman–Crippen MR) is 70.3 cm³/mol. The van der Waals surface area contributed by atoms with E-state index in [4.69, 9.17) is 0 Å². The van der Waals surface area contributed by atoms with Gasteiger partial charge in [-0.05, 0) is 18.6 Å². The van der Waals surface area contributed by atoms with E-state index < -0.39 is 5.60 Å². The number of hydrogen-bond acceptors (Lipinski definition) is 3. The maximum atomic E-state index is 12.2. The average Bonchev–Trinajstić information content (AvgIpc) is 2.38. The van der Waals surface area contributed by atoms with Gasteiger partial charge in [0, 0.05) is 29.7 Å². The molecule has 4 heteroatoms. The fraction of sp³-hybridized carbons (Fsp3) is 0.333. The van der Waals surface area contributed by atoms with Crippen LogP contribution in [-0.2, 0) is 10.4 Å². The minimum absolute atomic E-state index is 0.184. The van der Waals surface area contributed by atoms with Gasteiger partial charge in [-0.2, -0.15) is 0 Å². The Kier molecular flexibility index (Phi) is 2.26. The maximum Gasteiger partial charge on any atom is 0.261 e. The van der Waals surface area contributed by atoms with Gasteiger partial charge in [0.1, 0.15) is 0 Å². The van der Waals surface area contributed by atoms with Crippen LogP contribution in [0.5, 0.6) is 0 Å². The summed E-state index contributed by atoms with van der Waals surface area (Å²) in [7, 11) is 1.48. The molecule has 19 heavy (non-hydrogen) atoms. The number of hydrogen-bond donors (Lipinski definition) is 1. The summed E-state index contributed by atoms with van der Waals surface area (Å²) >= 11 is 0. The molecule has 0 spiro atoms. The van der Waals surface area contributed by atoms with Crippen LogP contribution >= 0.6 is 0 Å². The Morgan fingerprint density at radius 2 is 1.95 bits per heavy atom. The van der Waals surface area contributed by atoms with Crippen molar-refractivity contribution in [3.63, 3.8) is 0 Å². The largest absolute Gasteiger partial charge is 0.385 e. The van der Waals surface area contributed by atoms with Gasteiger partial charge in [0.15, 0.2) is 0 Å². The van der Waals surface area contributed by atoms with E-state index in [0.717, 1.165) is 4.90 Å². The van der Waals surface area contributed by atoms with Gasteiger partial charge in [-0.25, -0.2) is 0 Å². The summed E-state index contributed by atoms with van der Waals surface area (Å²) in [6.45, 7) is 3.58. The molecule has 2 unspecified atom stereocenters. The molecular formula is C15H15NO3. The quantitative estimate of drug-likeness (QED) is 0.717. The van der Waals surface area contributed by atoms with Gasteiger partial charge < -0.3 is 5.11 Å². The normalized spacial score (nSPS) is 29.2. The minimum Gasteiger partial charge on any atom is -0.385 e. The van der Waals surface area contributed by atoms with E-state index in [1.165, 1.54) is 7.05 Å². The average molecular weight is 257 g/mol. The highest BCUT2D eigenvalue weighted by Crippen LogP contribution is 2.44. The number of likely N-dealkylation sites (N-methyl/N-ethyl adjacent to an activating group) is 1. The summed E-state index contributed by atoms with van der Waals surface area (Å²) in [5.41, 5.74) is 1.19. The van der Waals surface area contributed by atoms with Crippen LogP contribution in [0.4, 0.5) is 0 Å². The van der Waals surface area contributed by atoms with Gasteiger partial charge in [0.25, 0.3) is 11.8 Å². The third kappa shape index (κ3) is 1.37. The molecule has 2 aliphatic rings. The topological polar surface area (TPSA) is 57.6 Å². The molecule has 0 fully saturated rings. The number of carbonyl (C=O) groups is 2. The van der Waals surface area contributed by atoms with Crippen LogP contribution in [-0.4, -0.2) is 28.9 Å². The van der Waals surface area contributed by atoms with Crippen LogP contribution < -0.4 is 0 Å². The number of aliphatic hydroxyl groups is 1. The van der Waals surface area contributed by atoms with E-state index >= 15 is 0 Å². The summed E-state index contributed by atoms with van der Waals surface area (Å²) in [5, 5.41) is 10.6. The molecule has 98 valence electrons. The first kappa shape index (κ1) is 12.1. The van der Waals surface area contributed by atoms with Crippen LogP contribution in [0.25, 0.3) is 5.57 Å². The van der Waals surface area contributed by atoms with Crippen LogP contribution in [0, 0.1) is 5.92 Å². The van der Waals surface area contributed by atoms with Crippen molar-refractivity contribution in [2.45, 2.75) is 19.4 Å². The standard InChI is InChI=1S/C15H15NO3/c1-8-7-10-12-9(13(17)16(3)14(10)18)5-4-6-11(12)15(8,2)19/h4-8,19H,1-3H3. The molecule has 0 radical (unpaired) electrons. The van der Waals surface area contributed by atoms with Crippen molar-refractivity contribution in [2.24, 2.45) is 5.92 Å². The first-order valence-corrected chi connectivity index (χ1v) is 6.26. The van der Waals surface area contributed by atoms with Crippen LogP contribution in [0.15, 0.2) is 24.3 Å². The first-order chi connectivity index (χ1) is 8.85. The van der Waals surface area contributed by atoms with Crippen molar-refractivity contribution in [3.05, 3.63) is 41.0 Å². The molecule has 1 aliphatic carbocycles. The van der Waals surface area contributed by atoms with Crippen LogP contribution in [0.2, 0.25) is 0 Å². The maximum absolute atomic E-state index is 12.2. The van der Waals surface area contributed by atoms with Crippen LogP contribution in [0.3, 0.4) is 0 Å². The number of imide groups is 1. The second kappa shape index (κ2) is 3.54. The first-order valence-electron chi connectivity index (χ1n) is 6.26. The monoisotopic (exact) mass is 257 g/mol. The minimum atomic E-state index is -1.06. The fourth-order valence-electron chi connectivity index (χ4n) is 2.82.